The molecule has 3 rings (SSSR count). The van der Waals surface area contributed by atoms with Crippen LogP contribution < -0.4 is 5.73 Å². The number of hydrogen-bond donors (Lipinski definition) is 1. The predicted octanol–water partition coefficient (Wildman–Crippen LogP) is 2.26. The van der Waals surface area contributed by atoms with Crippen LogP contribution in [-0.4, -0.2) is 33.8 Å². The maximum atomic E-state index is 11.9. The Balaban J connectivity index is 1.42. The average molecular weight is 369 g/mol. The van der Waals surface area contributed by atoms with Crippen LogP contribution in [0.4, 0.5) is 0 Å². The lowest BCUT2D eigenvalue weighted by molar-refractivity contribution is -0.168. The molecule has 1 aromatic heterocycles. The van der Waals surface area contributed by atoms with Gasteiger partial charge in [-0.05, 0) is 30.0 Å². The van der Waals surface area contributed by atoms with Crippen molar-refractivity contribution >= 4 is 18.0 Å². The zero-order valence-corrected chi connectivity index (χ0v) is 15.0. The lowest BCUT2D eigenvalue weighted by Gasteiger charge is -2.20. The summed E-state index contributed by atoms with van der Waals surface area (Å²) in [4.78, 5) is 27.7. The number of hydrogen-bond acceptors (Lipinski definition) is 6. The highest BCUT2D eigenvalue weighted by Gasteiger charge is 2.38. The third kappa shape index (κ3) is 5.27. The zero-order valence-electron chi connectivity index (χ0n) is 15.0. The van der Waals surface area contributed by atoms with E-state index in [1.807, 2.05) is 35.0 Å². The summed E-state index contributed by atoms with van der Waals surface area (Å²) in [6.45, 7) is 0.310. The molecular formula is C20H23N3O4. The van der Waals surface area contributed by atoms with Crippen LogP contribution in [0.25, 0.3) is 6.08 Å². The molecule has 0 amide bonds. The summed E-state index contributed by atoms with van der Waals surface area (Å²) in [5.41, 5.74) is 7.04. The van der Waals surface area contributed by atoms with Crippen LogP contribution in [0.5, 0.6) is 0 Å². The summed E-state index contributed by atoms with van der Waals surface area (Å²) in [7, 11) is 0. The number of imidazole rings is 1. The van der Waals surface area contributed by atoms with E-state index in [4.69, 9.17) is 15.2 Å². The van der Waals surface area contributed by atoms with E-state index in [0.717, 1.165) is 30.5 Å². The van der Waals surface area contributed by atoms with Crippen molar-refractivity contribution in [2.45, 2.75) is 37.8 Å². The van der Waals surface area contributed by atoms with Gasteiger partial charge in [0, 0.05) is 25.0 Å². The minimum Gasteiger partial charge on any atom is -0.426 e. The lowest BCUT2D eigenvalue weighted by atomic mass is 10.00. The van der Waals surface area contributed by atoms with Crippen molar-refractivity contribution in [3.05, 3.63) is 60.2 Å². The van der Waals surface area contributed by atoms with Gasteiger partial charge in [0.05, 0.1) is 6.33 Å². The van der Waals surface area contributed by atoms with E-state index in [1.54, 1.807) is 18.6 Å². The van der Waals surface area contributed by atoms with Gasteiger partial charge >= 0.3 is 11.9 Å². The number of carbonyl (C=O) groups excluding carboxylic acids is 2. The van der Waals surface area contributed by atoms with Gasteiger partial charge < -0.3 is 19.8 Å². The number of nitrogens with zero attached hydrogens (tertiary/aromatic N) is 2. The molecule has 1 aliphatic carbocycles. The Morgan fingerprint density at radius 1 is 1.19 bits per heavy atom. The fourth-order valence-electron chi connectivity index (χ4n) is 3.03. The topological polar surface area (TPSA) is 96.4 Å². The highest BCUT2D eigenvalue weighted by Crippen LogP contribution is 2.28. The van der Waals surface area contributed by atoms with Gasteiger partial charge in [0.1, 0.15) is 5.54 Å². The van der Waals surface area contributed by atoms with E-state index in [-0.39, 0.29) is 0 Å². The summed E-state index contributed by atoms with van der Waals surface area (Å²) in [5, 5.41) is 0. The highest BCUT2D eigenvalue weighted by molar-refractivity contribution is 5.87. The molecule has 1 aromatic carbocycles. The summed E-state index contributed by atoms with van der Waals surface area (Å²) in [6, 6.07) is 7.78. The minimum absolute atomic E-state index is 0.426. The molecule has 7 nitrogen and oxygen atoms in total. The summed E-state index contributed by atoms with van der Waals surface area (Å²) in [6.07, 6.45) is 11.4. The van der Waals surface area contributed by atoms with Gasteiger partial charge in [-0.15, -0.1) is 0 Å². The van der Waals surface area contributed by atoms with Gasteiger partial charge in [-0.3, -0.25) is 0 Å². The van der Waals surface area contributed by atoms with Gasteiger partial charge in [-0.25, -0.2) is 14.6 Å². The lowest BCUT2D eigenvalue weighted by Crippen LogP contribution is -2.46. The average Bonchev–Trinajstić information content (AvgIpc) is 3.33. The van der Waals surface area contributed by atoms with Crippen molar-refractivity contribution in [3.63, 3.8) is 0 Å². The Morgan fingerprint density at radius 2 is 1.93 bits per heavy atom. The molecular weight excluding hydrogens is 346 g/mol. The first-order valence-electron chi connectivity index (χ1n) is 8.91. The molecule has 0 bridgehead atoms. The van der Waals surface area contributed by atoms with E-state index in [9.17, 15) is 9.59 Å². The molecule has 0 aliphatic heterocycles. The normalized spacial score (nSPS) is 15.7. The zero-order chi connectivity index (χ0) is 19.1. The fraction of sp³-hybridized carbons (Fsp3) is 0.350. The molecule has 2 aromatic rings. The number of rotatable bonds is 7. The molecule has 0 saturated heterocycles. The molecule has 1 aliphatic rings. The number of aromatic nitrogens is 2. The summed E-state index contributed by atoms with van der Waals surface area (Å²) >= 11 is 0. The Bertz CT molecular complexity index is 791. The van der Waals surface area contributed by atoms with Gasteiger partial charge in [0.15, 0.2) is 0 Å². The molecule has 7 heteroatoms. The van der Waals surface area contributed by atoms with Crippen LogP contribution in [-0.2, 0) is 25.6 Å². The maximum absolute atomic E-state index is 11.9. The second-order valence-electron chi connectivity index (χ2n) is 6.69. The van der Waals surface area contributed by atoms with Crippen molar-refractivity contribution in [3.8, 4) is 0 Å². The third-order valence-electron chi connectivity index (χ3n) is 4.61. The van der Waals surface area contributed by atoms with Crippen LogP contribution in [0.15, 0.2) is 49.1 Å². The largest absolute Gasteiger partial charge is 0.426 e. The smallest absolute Gasteiger partial charge is 0.333 e. The first kappa shape index (κ1) is 18.8. The number of ether oxygens (including phenoxy) is 2. The minimum atomic E-state index is -0.930. The molecule has 0 atom stereocenters. The van der Waals surface area contributed by atoms with Crippen LogP contribution in [0.1, 0.15) is 36.8 Å². The Kier molecular flexibility index (Phi) is 6.03. The van der Waals surface area contributed by atoms with E-state index >= 15 is 0 Å². The van der Waals surface area contributed by atoms with Gasteiger partial charge in [-0.1, -0.05) is 37.1 Å². The molecule has 1 heterocycles. The SMILES string of the molecule is NC1(C(=O)OCOC(=O)/C=C/c2ccc(Cn3ccnc3)cc2)CCCC1. The van der Waals surface area contributed by atoms with E-state index in [2.05, 4.69) is 4.98 Å². The van der Waals surface area contributed by atoms with Gasteiger partial charge in [0.25, 0.3) is 0 Å². The van der Waals surface area contributed by atoms with Crippen LogP contribution in [0, 0.1) is 0 Å². The molecule has 0 unspecified atom stereocenters. The van der Waals surface area contributed by atoms with Crippen LogP contribution >= 0.6 is 0 Å². The van der Waals surface area contributed by atoms with Crippen molar-refractivity contribution in [1.82, 2.24) is 9.55 Å². The number of nitrogens with two attached hydrogens (primary N) is 1. The fourth-order valence-corrected chi connectivity index (χ4v) is 3.03. The van der Waals surface area contributed by atoms with Crippen molar-refractivity contribution in [2.75, 3.05) is 6.79 Å². The monoisotopic (exact) mass is 369 g/mol. The number of esters is 2. The second kappa shape index (κ2) is 8.64. The van der Waals surface area contributed by atoms with E-state index in [0.29, 0.717) is 12.8 Å². The molecule has 0 radical (unpaired) electrons. The van der Waals surface area contributed by atoms with E-state index < -0.39 is 24.3 Å². The highest BCUT2D eigenvalue weighted by atomic mass is 16.7. The third-order valence-corrected chi connectivity index (χ3v) is 4.61. The Morgan fingerprint density at radius 3 is 2.59 bits per heavy atom. The molecule has 27 heavy (non-hydrogen) atoms. The quantitative estimate of drug-likeness (QED) is 0.457. The van der Waals surface area contributed by atoms with Gasteiger partial charge in [0.2, 0.25) is 6.79 Å². The van der Waals surface area contributed by atoms with Crippen LogP contribution in [0.3, 0.4) is 0 Å². The molecule has 142 valence electrons. The number of benzene rings is 1. The number of carbonyl (C=O) groups is 2. The first-order chi connectivity index (χ1) is 13.0. The van der Waals surface area contributed by atoms with Crippen molar-refractivity contribution < 1.29 is 19.1 Å². The molecule has 1 saturated carbocycles. The van der Waals surface area contributed by atoms with Crippen molar-refractivity contribution in [1.29, 1.82) is 0 Å². The second-order valence-corrected chi connectivity index (χ2v) is 6.69. The Hall–Kier alpha value is -2.93. The van der Waals surface area contributed by atoms with E-state index in [1.165, 1.54) is 6.08 Å². The molecule has 0 spiro atoms. The predicted molar refractivity (Wildman–Crippen MR) is 99.2 cm³/mol. The first-order valence-corrected chi connectivity index (χ1v) is 8.91. The maximum Gasteiger partial charge on any atom is 0.333 e. The molecule has 1 fully saturated rings. The van der Waals surface area contributed by atoms with Crippen LogP contribution in [0.2, 0.25) is 0 Å². The summed E-state index contributed by atoms with van der Waals surface area (Å²) < 4.78 is 11.8. The Labute approximate surface area is 157 Å². The summed E-state index contributed by atoms with van der Waals surface area (Å²) in [5.74, 6) is -1.09. The molecule has 2 N–H and O–H groups in total. The van der Waals surface area contributed by atoms with Gasteiger partial charge in [-0.2, -0.15) is 0 Å². The van der Waals surface area contributed by atoms with Crippen molar-refractivity contribution in [2.24, 2.45) is 5.73 Å². The standard InChI is InChI=1S/C20H23N3O4/c21-20(9-1-2-10-20)19(25)27-15-26-18(24)8-7-16-3-5-17(6-4-16)13-23-12-11-22-14-23/h3-8,11-12,14H,1-2,9-10,13,15,21H2/b8-7+.